The SMILES string of the molecule is CCNC(=O)[C@H](Cc1ccccc1)N(Cc1ccccc1)C(=O)Cc1ccc(C)cc1. The number of amides is 2. The molecule has 3 aromatic carbocycles. The first-order valence-corrected chi connectivity index (χ1v) is 10.8. The van der Waals surface area contributed by atoms with Gasteiger partial charge in [0, 0.05) is 19.5 Å². The Morgan fingerprint density at radius 2 is 1.39 bits per heavy atom. The van der Waals surface area contributed by atoms with Crippen LogP contribution in [-0.2, 0) is 29.0 Å². The second-order valence-electron chi connectivity index (χ2n) is 7.77. The standard InChI is InChI=1S/C27H30N2O2/c1-3-28-27(31)25(18-22-10-6-4-7-11-22)29(20-24-12-8-5-9-13-24)26(30)19-23-16-14-21(2)15-17-23/h4-17,25H,3,18-20H2,1-2H3,(H,28,31)/t25-/m0/s1. The quantitative estimate of drug-likeness (QED) is 0.567. The highest BCUT2D eigenvalue weighted by Gasteiger charge is 2.30. The van der Waals surface area contributed by atoms with Crippen molar-refractivity contribution in [1.29, 1.82) is 0 Å². The maximum atomic E-state index is 13.5. The second kappa shape index (κ2) is 11.1. The monoisotopic (exact) mass is 414 g/mol. The summed E-state index contributed by atoms with van der Waals surface area (Å²) in [5, 5.41) is 2.93. The van der Waals surface area contributed by atoms with Crippen LogP contribution in [0.3, 0.4) is 0 Å². The van der Waals surface area contributed by atoms with Crippen molar-refractivity contribution >= 4 is 11.8 Å². The molecule has 0 spiro atoms. The number of rotatable bonds is 9. The van der Waals surface area contributed by atoms with Gasteiger partial charge in [0.25, 0.3) is 0 Å². The molecule has 0 aliphatic carbocycles. The third-order valence-electron chi connectivity index (χ3n) is 5.29. The number of hydrogen-bond donors (Lipinski definition) is 1. The number of likely N-dealkylation sites (N-methyl/N-ethyl adjacent to an activating group) is 1. The van der Waals surface area contributed by atoms with Crippen molar-refractivity contribution in [3.63, 3.8) is 0 Å². The molecule has 160 valence electrons. The molecule has 4 heteroatoms. The Kier molecular flexibility index (Phi) is 7.99. The van der Waals surface area contributed by atoms with Gasteiger partial charge in [-0.1, -0.05) is 90.5 Å². The normalized spacial score (nSPS) is 11.5. The molecule has 0 fully saturated rings. The van der Waals surface area contributed by atoms with Crippen molar-refractivity contribution in [1.82, 2.24) is 10.2 Å². The topological polar surface area (TPSA) is 49.4 Å². The highest BCUT2D eigenvalue weighted by Crippen LogP contribution is 2.17. The summed E-state index contributed by atoms with van der Waals surface area (Å²) in [6.07, 6.45) is 0.733. The Morgan fingerprint density at radius 1 is 0.806 bits per heavy atom. The van der Waals surface area contributed by atoms with Crippen LogP contribution in [0.15, 0.2) is 84.9 Å². The fraction of sp³-hybridized carbons (Fsp3) is 0.259. The van der Waals surface area contributed by atoms with Crippen molar-refractivity contribution in [3.05, 3.63) is 107 Å². The Morgan fingerprint density at radius 3 is 1.97 bits per heavy atom. The van der Waals surface area contributed by atoms with Gasteiger partial charge in [0.05, 0.1) is 6.42 Å². The molecule has 1 N–H and O–H groups in total. The molecule has 0 heterocycles. The first-order valence-electron chi connectivity index (χ1n) is 10.8. The van der Waals surface area contributed by atoms with Gasteiger partial charge >= 0.3 is 0 Å². The zero-order valence-corrected chi connectivity index (χ0v) is 18.3. The van der Waals surface area contributed by atoms with E-state index in [0.29, 0.717) is 19.5 Å². The number of benzene rings is 3. The predicted octanol–water partition coefficient (Wildman–Crippen LogP) is 4.31. The average molecular weight is 415 g/mol. The van der Waals surface area contributed by atoms with E-state index in [1.54, 1.807) is 4.90 Å². The third-order valence-corrected chi connectivity index (χ3v) is 5.29. The third kappa shape index (κ3) is 6.54. The molecule has 4 nitrogen and oxygen atoms in total. The van der Waals surface area contributed by atoms with Crippen molar-refractivity contribution < 1.29 is 9.59 Å². The molecule has 1 atom stereocenters. The molecule has 3 rings (SSSR count). The van der Waals surface area contributed by atoms with Crippen molar-refractivity contribution in [2.45, 2.75) is 39.3 Å². The van der Waals surface area contributed by atoms with Gasteiger partial charge in [-0.3, -0.25) is 9.59 Å². The van der Waals surface area contributed by atoms with Gasteiger partial charge in [-0.15, -0.1) is 0 Å². The van der Waals surface area contributed by atoms with Crippen LogP contribution in [0.1, 0.15) is 29.2 Å². The largest absolute Gasteiger partial charge is 0.355 e. The average Bonchev–Trinajstić information content (AvgIpc) is 2.79. The van der Waals surface area contributed by atoms with Crippen LogP contribution >= 0.6 is 0 Å². The summed E-state index contributed by atoms with van der Waals surface area (Å²) in [5.74, 6) is -0.181. The molecule has 3 aromatic rings. The van der Waals surface area contributed by atoms with Crippen molar-refractivity contribution in [3.8, 4) is 0 Å². The van der Waals surface area contributed by atoms with E-state index >= 15 is 0 Å². The fourth-order valence-electron chi connectivity index (χ4n) is 3.61. The van der Waals surface area contributed by atoms with Gasteiger partial charge in [-0.25, -0.2) is 0 Å². The van der Waals surface area contributed by atoms with Crippen LogP contribution < -0.4 is 5.32 Å². The van der Waals surface area contributed by atoms with Crippen molar-refractivity contribution in [2.75, 3.05) is 6.54 Å². The summed E-state index contributed by atoms with van der Waals surface area (Å²) in [7, 11) is 0. The van der Waals surface area contributed by atoms with E-state index < -0.39 is 6.04 Å². The minimum atomic E-state index is -0.583. The maximum Gasteiger partial charge on any atom is 0.243 e. The van der Waals surface area contributed by atoms with E-state index in [1.807, 2.05) is 98.8 Å². The Hall–Kier alpha value is -3.40. The lowest BCUT2D eigenvalue weighted by Crippen LogP contribution is -2.50. The molecule has 0 saturated carbocycles. The van der Waals surface area contributed by atoms with Gasteiger partial charge in [-0.2, -0.15) is 0 Å². The first kappa shape index (κ1) is 22.3. The predicted molar refractivity (Wildman–Crippen MR) is 124 cm³/mol. The molecule has 0 saturated heterocycles. The Labute approximate surface area is 184 Å². The number of carbonyl (C=O) groups excluding carboxylic acids is 2. The van der Waals surface area contributed by atoms with Crippen LogP contribution in [0.5, 0.6) is 0 Å². The summed E-state index contributed by atoms with van der Waals surface area (Å²) < 4.78 is 0. The number of aryl methyl sites for hydroxylation is 1. The van der Waals surface area contributed by atoms with E-state index in [-0.39, 0.29) is 18.2 Å². The van der Waals surface area contributed by atoms with Crippen LogP contribution in [0.4, 0.5) is 0 Å². The zero-order valence-electron chi connectivity index (χ0n) is 18.3. The smallest absolute Gasteiger partial charge is 0.243 e. The first-order chi connectivity index (χ1) is 15.1. The molecular weight excluding hydrogens is 384 g/mol. The molecule has 0 unspecified atom stereocenters. The van der Waals surface area contributed by atoms with E-state index in [9.17, 15) is 9.59 Å². The number of nitrogens with zero attached hydrogens (tertiary/aromatic N) is 1. The lowest BCUT2D eigenvalue weighted by Gasteiger charge is -2.31. The minimum absolute atomic E-state index is 0.0557. The van der Waals surface area contributed by atoms with Gasteiger partial charge in [-0.05, 0) is 30.5 Å². The summed E-state index contributed by atoms with van der Waals surface area (Å²) >= 11 is 0. The molecule has 0 aliphatic heterocycles. The van der Waals surface area contributed by atoms with Gasteiger partial charge in [0.15, 0.2) is 0 Å². The summed E-state index contributed by atoms with van der Waals surface area (Å²) in [5.41, 5.74) is 4.13. The summed E-state index contributed by atoms with van der Waals surface area (Å²) in [4.78, 5) is 28.3. The second-order valence-corrected chi connectivity index (χ2v) is 7.77. The molecule has 0 aromatic heterocycles. The van der Waals surface area contributed by atoms with Crippen LogP contribution in [0, 0.1) is 6.92 Å². The van der Waals surface area contributed by atoms with Gasteiger partial charge < -0.3 is 10.2 Å². The summed E-state index contributed by atoms with van der Waals surface area (Å²) in [6.45, 7) is 4.83. The number of carbonyl (C=O) groups is 2. The number of nitrogens with one attached hydrogen (secondary N) is 1. The lowest BCUT2D eigenvalue weighted by molar-refractivity contribution is -0.140. The minimum Gasteiger partial charge on any atom is -0.355 e. The molecular formula is C27H30N2O2. The fourth-order valence-corrected chi connectivity index (χ4v) is 3.61. The molecule has 31 heavy (non-hydrogen) atoms. The van der Waals surface area contributed by atoms with Crippen molar-refractivity contribution in [2.24, 2.45) is 0 Å². The lowest BCUT2D eigenvalue weighted by atomic mass is 10.0. The number of hydrogen-bond acceptors (Lipinski definition) is 2. The van der Waals surface area contributed by atoms with Gasteiger partial charge in [0.1, 0.15) is 6.04 Å². The summed E-state index contributed by atoms with van der Waals surface area (Å²) in [6, 6.07) is 27.1. The van der Waals surface area contributed by atoms with E-state index in [2.05, 4.69) is 5.32 Å². The van der Waals surface area contributed by atoms with Gasteiger partial charge in [0.2, 0.25) is 11.8 Å². The maximum absolute atomic E-state index is 13.5. The van der Waals surface area contributed by atoms with Crippen LogP contribution in [0.2, 0.25) is 0 Å². The van der Waals surface area contributed by atoms with E-state index in [0.717, 1.165) is 22.3 Å². The van der Waals surface area contributed by atoms with E-state index in [4.69, 9.17) is 0 Å². The van der Waals surface area contributed by atoms with Crippen LogP contribution in [-0.4, -0.2) is 29.3 Å². The van der Waals surface area contributed by atoms with E-state index in [1.165, 1.54) is 0 Å². The Balaban J connectivity index is 1.92. The highest BCUT2D eigenvalue weighted by molar-refractivity contribution is 5.88. The Bertz CT molecular complexity index is 969. The molecule has 0 bridgehead atoms. The molecule has 2 amide bonds. The zero-order chi connectivity index (χ0) is 22.1. The molecule has 0 radical (unpaired) electrons. The molecule has 0 aliphatic rings. The van der Waals surface area contributed by atoms with Crippen LogP contribution in [0.25, 0.3) is 0 Å². The highest BCUT2D eigenvalue weighted by atomic mass is 16.2.